The van der Waals surface area contributed by atoms with Gasteiger partial charge in [-0.3, -0.25) is 4.79 Å². The van der Waals surface area contributed by atoms with Gasteiger partial charge in [0.05, 0.1) is 17.3 Å². The van der Waals surface area contributed by atoms with Crippen LogP contribution < -0.4 is 16.4 Å². The van der Waals surface area contributed by atoms with Crippen LogP contribution in [-0.4, -0.2) is 34.3 Å². The van der Waals surface area contributed by atoms with Crippen LogP contribution in [0, 0.1) is 5.41 Å². The molecule has 2 aromatic rings. The molecule has 0 aromatic heterocycles. The second-order valence-corrected chi connectivity index (χ2v) is 6.77. The molecule has 0 radical (unpaired) electrons. The average molecular weight is 394 g/mol. The van der Waals surface area contributed by atoms with E-state index in [-0.39, 0.29) is 23.4 Å². The van der Waals surface area contributed by atoms with E-state index in [1.54, 1.807) is 30.3 Å². The number of benzene rings is 2. The number of allylic oxidation sites excluding steroid dienone is 1. The molecule has 0 saturated heterocycles. The fourth-order valence-electron chi connectivity index (χ4n) is 3.24. The first-order valence-electron chi connectivity index (χ1n) is 9.09. The van der Waals surface area contributed by atoms with Crippen LogP contribution >= 0.6 is 0 Å². The second kappa shape index (κ2) is 8.57. The van der Waals surface area contributed by atoms with E-state index in [2.05, 4.69) is 10.6 Å². The van der Waals surface area contributed by atoms with Crippen molar-refractivity contribution >= 4 is 29.5 Å². The zero-order chi connectivity index (χ0) is 21.0. The molecule has 1 aliphatic rings. The first-order chi connectivity index (χ1) is 13.9. The second-order valence-electron chi connectivity index (χ2n) is 6.77. The Morgan fingerprint density at radius 3 is 2.72 bits per heavy atom. The lowest BCUT2D eigenvalue weighted by Gasteiger charge is -2.24. The molecule has 1 aliphatic heterocycles. The molecular weight excluding hydrogens is 372 g/mol. The van der Waals surface area contributed by atoms with E-state index in [4.69, 9.17) is 11.1 Å². The maximum Gasteiger partial charge on any atom is 0.337 e. The SMILES string of the molecule is N=C/C(CC(N)C(=O)Nc1ccccc1C(=O)O)=C1/CCc2cc(O)ccc2N1. The molecule has 0 saturated carbocycles. The summed E-state index contributed by atoms with van der Waals surface area (Å²) < 4.78 is 0. The van der Waals surface area contributed by atoms with Crippen LogP contribution in [0.1, 0.15) is 28.8 Å². The highest BCUT2D eigenvalue weighted by Crippen LogP contribution is 2.31. The zero-order valence-electron chi connectivity index (χ0n) is 15.6. The van der Waals surface area contributed by atoms with Crippen molar-refractivity contribution in [1.29, 1.82) is 5.41 Å². The number of fused-ring (bicyclic) bond motifs is 1. The number of aromatic hydroxyl groups is 1. The molecule has 1 unspecified atom stereocenters. The molecule has 1 amide bonds. The number of nitrogens with two attached hydrogens (primary N) is 1. The van der Waals surface area contributed by atoms with E-state index in [9.17, 15) is 19.8 Å². The highest BCUT2D eigenvalue weighted by molar-refractivity contribution is 6.02. The van der Waals surface area contributed by atoms with E-state index < -0.39 is 17.9 Å². The lowest BCUT2D eigenvalue weighted by atomic mass is 9.96. The Kier molecular flexibility index (Phi) is 5.94. The van der Waals surface area contributed by atoms with Gasteiger partial charge in [0.25, 0.3) is 0 Å². The standard InChI is InChI=1S/C21H22N4O4/c22-11-13(18-7-5-12-9-14(26)6-8-17(12)24-18)10-16(23)20(27)25-19-4-2-1-3-15(19)21(28)29/h1-4,6,8-9,11,16,22,24,26H,5,7,10,23H2,(H,25,27)(H,28,29)/b18-13-,22-11?. The summed E-state index contributed by atoms with van der Waals surface area (Å²) in [5.41, 5.74) is 9.40. The number of rotatable bonds is 6. The molecule has 1 atom stereocenters. The predicted molar refractivity (Wildman–Crippen MR) is 110 cm³/mol. The molecule has 0 bridgehead atoms. The van der Waals surface area contributed by atoms with Crippen molar-refractivity contribution in [2.24, 2.45) is 5.73 Å². The van der Waals surface area contributed by atoms with Crippen LogP contribution in [0.2, 0.25) is 0 Å². The third kappa shape index (κ3) is 4.61. The first-order valence-corrected chi connectivity index (χ1v) is 9.09. The number of amides is 1. The lowest BCUT2D eigenvalue weighted by molar-refractivity contribution is -0.117. The summed E-state index contributed by atoms with van der Waals surface area (Å²) in [6.07, 6.45) is 2.61. The van der Waals surface area contributed by atoms with E-state index in [1.807, 2.05) is 0 Å². The van der Waals surface area contributed by atoms with E-state index in [0.29, 0.717) is 18.4 Å². The zero-order valence-corrected chi connectivity index (χ0v) is 15.6. The van der Waals surface area contributed by atoms with Gasteiger partial charge in [0.2, 0.25) is 5.91 Å². The minimum absolute atomic E-state index is 0.0208. The molecule has 8 nitrogen and oxygen atoms in total. The number of carbonyl (C=O) groups excluding carboxylic acids is 1. The molecule has 2 aromatic carbocycles. The quantitative estimate of drug-likeness (QED) is 0.328. The summed E-state index contributed by atoms with van der Waals surface area (Å²) >= 11 is 0. The Bertz CT molecular complexity index is 1000. The summed E-state index contributed by atoms with van der Waals surface area (Å²) in [7, 11) is 0. The summed E-state index contributed by atoms with van der Waals surface area (Å²) in [5.74, 6) is -1.47. The minimum atomic E-state index is -1.15. The van der Waals surface area contributed by atoms with Gasteiger partial charge in [-0.15, -0.1) is 0 Å². The van der Waals surface area contributed by atoms with Crippen LogP contribution in [0.3, 0.4) is 0 Å². The van der Waals surface area contributed by atoms with E-state index in [0.717, 1.165) is 16.9 Å². The number of carbonyl (C=O) groups is 2. The smallest absolute Gasteiger partial charge is 0.337 e. The number of carboxylic acids is 1. The highest BCUT2D eigenvalue weighted by Gasteiger charge is 2.21. The first kappa shape index (κ1) is 20.1. The monoisotopic (exact) mass is 394 g/mol. The van der Waals surface area contributed by atoms with E-state index >= 15 is 0 Å². The van der Waals surface area contributed by atoms with Crippen molar-refractivity contribution in [3.8, 4) is 5.75 Å². The van der Waals surface area contributed by atoms with Crippen LogP contribution in [0.25, 0.3) is 0 Å². The van der Waals surface area contributed by atoms with Crippen LogP contribution in [0.15, 0.2) is 53.7 Å². The van der Waals surface area contributed by atoms with E-state index in [1.165, 1.54) is 18.3 Å². The van der Waals surface area contributed by atoms with Crippen molar-refractivity contribution in [2.45, 2.75) is 25.3 Å². The molecular formula is C21H22N4O4. The normalized spacial score (nSPS) is 15.5. The van der Waals surface area contributed by atoms with Gasteiger partial charge in [-0.25, -0.2) is 4.79 Å². The summed E-state index contributed by atoms with van der Waals surface area (Å²) in [6, 6.07) is 10.2. The van der Waals surface area contributed by atoms with Crippen molar-refractivity contribution in [3.05, 3.63) is 64.9 Å². The largest absolute Gasteiger partial charge is 0.508 e. The fourth-order valence-corrected chi connectivity index (χ4v) is 3.24. The van der Waals surface area contributed by atoms with Crippen LogP contribution in [0.5, 0.6) is 5.75 Å². The Hall–Kier alpha value is -3.65. The number of aromatic carboxylic acids is 1. The average Bonchev–Trinajstić information content (AvgIpc) is 2.71. The van der Waals surface area contributed by atoms with Gasteiger partial charge in [0, 0.05) is 17.6 Å². The Morgan fingerprint density at radius 2 is 2.00 bits per heavy atom. The lowest BCUT2D eigenvalue weighted by Crippen LogP contribution is -2.37. The predicted octanol–water partition coefficient (Wildman–Crippen LogP) is 2.71. The number of anilines is 2. The van der Waals surface area contributed by atoms with Gasteiger partial charge >= 0.3 is 5.97 Å². The molecule has 3 rings (SSSR count). The van der Waals surface area contributed by atoms with Gasteiger partial charge in [-0.2, -0.15) is 0 Å². The maximum atomic E-state index is 12.5. The molecule has 150 valence electrons. The number of hydrogen-bond acceptors (Lipinski definition) is 6. The fraction of sp³-hybridized carbons (Fsp3) is 0.190. The summed E-state index contributed by atoms with van der Waals surface area (Å²) in [5, 5.41) is 32.3. The molecule has 8 heteroatoms. The molecule has 1 heterocycles. The number of phenolic OH excluding ortho intramolecular Hbond substituents is 1. The van der Waals surface area contributed by atoms with Crippen molar-refractivity contribution in [2.75, 3.05) is 10.6 Å². The summed E-state index contributed by atoms with van der Waals surface area (Å²) in [6.45, 7) is 0. The van der Waals surface area contributed by atoms with Gasteiger partial charge in [0.15, 0.2) is 0 Å². The number of carboxylic acid groups (broad SMARTS) is 1. The van der Waals surface area contributed by atoms with Gasteiger partial charge in [-0.05, 0) is 60.7 Å². The topological polar surface area (TPSA) is 149 Å². The number of hydrogen-bond donors (Lipinski definition) is 6. The number of phenols is 1. The Morgan fingerprint density at radius 1 is 1.24 bits per heavy atom. The molecule has 0 spiro atoms. The van der Waals surface area contributed by atoms with Gasteiger partial charge in [0.1, 0.15) is 5.75 Å². The number of para-hydroxylation sites is 1. The Balaban J connectivity index is 1.73. The highest BCUT2D eigenvalue weighted by atomic mass is 16.4. The number of aryl methyl sites for hydroxylation is 1. The van der Waals surface area contributed by atoms with Crippen molar-refractivity contribution in [1.82, 2.24) is 0 Å². The molecule has 29 heavy (non-hydrogen) atoms. The van der Waals surface area contributed by atoms with Crippen molar-refractivity contribution < 1.29 is 19.8 Å². The molecule has 0 aliphatic carbocycles. The third-order valence-corrected chi connectivity index (χ3v) is 4.77. The summed E-state index contributed by atoms with van der Waals surface area (Å²) in [4.78, 5) is 23.8. The molecule has 7 N–H and O–H groups in total. The van der Waals surface area contributed by atoms with Gasteiger partial charge in [-0.1, -0.05) is 12.1 Å². The minimum Gasteiger partial charge on any atom is -0.508 e. The number of nitrogens with one attached hydrogen (secondary N) is 3. The molecule has 0 fully saturated rings. The van der Waals surface area contributed by atoms with Crippen molar-refractivity contribution in [3.63, 3.8) is 0 Å². The maximum absolute atomic E-state index is 12.5. The van der Waals surface area contributed by atoms with Crippen LogP contribution in [0.4, 0.5) is 11.4 Å². The third-order valence-electron chi connectivity index (χ3n) is 4.77. The van der Waals surface area contributed by atoms with Crippen LogP contribution in [-0.2, 0) is 11.2 Å². The Labute approximate surface area is 167 Å². The van der Waals surface area contributed by atoms with Gasteiger partial charge < -0.3 is 32.0 Å².